The number of carbonyl (C=O) groups excluding carboxylic acids is 1. The predicted molar refractivity (Wildman–Crippen MR) is 45.1 cm³/mol. The van der Waals surface area contributed by atoms with Crippen molar-refractivity contribution in [2.75, 3.05) is 0 Å². The van der Waals surface area contributed by atoms with Crippen molar-refractivity contribution in [3.05, 3.63) is 12.2 Å². The summed E-state index contributed by atoms with van der Waals surface area (Å²) in [4.78, 5) is 10.7. The van der Waals surface area contributed by atoms with E-state index in [0.717, 1.165) is 6.42 Å². The lowest BCUT2D eigenvalue weighted by Crippen LogP contribution is -2.53. The Labute approximate surface area is 67.7 Å². The average molecular weight is 153 g/mol. The van der Waals surface area contributed by atoms with E-state index in [2.05, 4.69) is 25.7 Å². The summed E-state index contributed by atoms with van der Waals surface area (Å²) in [5.41, 5.74) is 1.34. The number of nitrogens with one attached hydrogen (secondary N) is 1. The monoisotopic (exact) mass is 153 g/mol. The van der Waals surface area contributed by atoms with Crippen LogP contribution in [0.5, 0.6) is 0 Å². The lowest BCUT2D eigenvalue weighted by Gasteiger charge is -2.47. The van der Waals surface area contributed by atoms with Gasteiger partial charge in [-0.05, 0) is 6.42 Å². The molecule has 0 spiro atoms. The zero-order valence-corrected chi connectivity index (χ0v) is 7.40. The maximum atomic E-state index is 10.7. The molecular formula is C9H15NO. The number of hydrogen-bond donors (Lipinski definition) is 1. The molecule has 1 N–H and O–H groups in total. The summed E-state index contributed by atoms with van der Waals surface area (Å²) in [6.45, 7) is 9.69. The Morgan fingerprint density at radius 3 is 2.55 bits per heavy atom. The molecule has 2 heteroatoms. The van der Waals surface area contributed by atoms with Crippen molar-refractivity contribution < 1.29 is 4.79 Å². The molecule has 11 heavy (non-hydrogen) atoms. The van der Waals surface area contributed by atoms with Gasteiger partial charge in [-0.15, -0.1) is 0 Å². The Bertz CT molecular complexity index is 206. The molecule has 1 atom stereocenters. The molecule has 62 valence electrons. The largest absolute Gasteiger partial charge is 0.352 e. The van der Waals surface area contributed by atoms with Gasteiger partial charge in [0.05, 0.1) is 0 Å². The predicted octanol–water partition coefficient (Wildman–Crippen LogP) is 1.48. The van der Waals surface area contributed by atoms with E-state index < -0.39 is 0 Å². The molecule has 1 amide bonds. The quantitative estimate of drug-likeness (QED) is 0.568. The van der Waals surface area contributed by atoms with Gasteiger partial charge in [0.1, 0.15) is 0 Å². The Morgan fingerprint density at radius 2 is 2.27 bits per heavy atom. The van der Waals surface area contributed by atoms with Crippen LogP contribution in [0.3, 0.4) is 0 Å². The summed E-state index contributed by atoms with van der Waals surface area (Å²) in [7, 11) is 0. The summed E-state index contributed by atoms with van der Waals surface area (Å²) >= 11 is 0. The zero-order valence-electron chi connectivity index (χ0n) is 7.40. The van der Waals surface area contributed by atoms with Crippen molar-refractivity contribution in [3.8, 4) is 0 Å². The third-order valence-electron chi connectivity index (χ3n) is 2.61. The van der Waals surface area contributed by atoms with Gasteiger partial charge in [-0.1, -0.05) is 26.0 Å². The first kappa shape index (κ1) is 8.31. The molecule has 0 aliphatic heterocycles. The standard InChI is InChI=1S/C9H15NO/c1-6-5-8(9(6,3)4)10-7(2)11/h8H,1,5H2,2-4H3,(H,10,11). The van der Waals surface area contributed by atoms with Crippen molar-refractivity contribution in [2.24, 2.45) is 5.41 Å². The highest BCUT2D eigenvalue weighted by atomic mass is 16.1. The van der Waals surface area contributed by atoms with Crippen LogP contribution in [0.15, 0.2) is 12.2 Å². The second-order valence-electron chi connectivity index (χ2n) is 3.78. The SMILES string of the molecule is C=C1CC(NC(C)=O)C1(C)C. The lowest BCUT2D eigenvalue weighted by molar-refractivity contribution is -0.120. The second-order valence-corrected chi connectivity index (χ2v) is 3.78. The third-order valence-corrected chi connectivity index (χ3v) is 2.61. The van der Waals surface area contributed by atoms with Gasteiger partial charge < -0.3 is 5.32 Å². The van der Waals surface area contributed by atoms with Gasteiger partial charge in [-0.3, -0.25) is 4.79 Å². The van der Waals surface area contributed by atoms with Crippen LogP contribution < -0.4 is 5.32 Å². The Hall–Kier alpha value is -0.790. The lowest BCUT2D eigenvalue weighted by atomic mass is 9.63. The highest BCUT2D eigenvalue weighted by Gasteiger charge is 2.42. The minimum atomic E-state index is 0.0515. The fraction of sp³-hybridized carbons (Fsp3) is 0.667. The summed E-state index contributed by atoms with van der Waals surface area (Å²) in [6, 6.07) is 0.299. The van der Waals surface area contributed by atoms with E-state index in [9.17, 15) is 4.79 Å². The van der Waals surface area contributed by atoms with Crippen LogP contribution in [0.25, 0.3) is 0 Å². The van der Waals surface area contributed by atoms with E-state index >= 15 is 0 Å². The minimum Gasteiger partial charge on any atom is -0.352 e. The molecule has 0 heterocycles. The van der Waals surface area contributed by atoms with E-state index in [1.807, 2.05) is 0 Å². The third kappa shape index (κ3) is 1.30. The Kier molecular flexibility index (Phi) is 1.78. The first-order valence-electron chi connectivity index (χ1n) is 3.90. The maximum absolute atomic E-state index is 10.7. The van der Waals surface area contributed by atoms with Crippen molar-refractivity contribution in [2.45, 2.75) is 33.2 Å². The highest BCUT2D eigenvalue weighted by Crippen LogP contribution is 2.44. The Morgan fingerprint density at radius 1 is 1.73 bits per heavy atom. The molecule has 0 radical (unpaired) electrons. The highest BCUT2D eigenvalue weighted by molar-refractivity contribution is 5.73. The van der Waals surface area contributed by atoms with E-state index in [1.54, 1.807) is 6.92 Å². The molecule has 0 aromatic rings. The fourth-order valence-electron chi connectivity index (χ4n) is 1.36. The van der Waals surface area contributed by atoms with Crippen LogP contribution in [0, 0.1) is 5.41 Å². The normalized spacial score (nSPS) is 27.5. The summed E-state index contributed by atoms with van der Waals surface area (Å²) < 4.78 is 0. The average Bonchev–Trinajstić information content (AvgIpc) is 1.87. The number of amides is 1. The van der Waals surface area contributed by atoms with Crippen LogP contribution in [0.4, 0.5) is 0 Å². The summed E-state index contributed by atoms with van der Waals surface area (Å²) in [5, 5.41) is 2.90. The molecule has 0 bridgehead atoms. The molecule has 1 aliphatic carbocycles. The molecule has 1 rings (SSSR count). The van der Waals surface area contributed by atoms with Gasteiger partial charge in [0.15, 0.2) is 0 Å². The molecule has 0 saturated heterocycles. The van der Waals surface area contributed by atoms with Gasteiger partial charge in [0, 0.05) is 18.4 Å². The van der Waals surface area contributed by atoms with E-state index in [1.165, 1.54) is 5.57 Å². The van der Waals surface area contributed by atoms with Gasteiger partial charge >= 0.3 is 0 Å². The van der Waals surface area contributed by atoms with E-state index in [-0.39, 0.29) is 11.3 Å². The first-order valence-corrected chi connectivity index (χ1v) is 3.90. The van der Waals surface area contributed by atoms with Crippen LogP contribution in [0.2, 0.25) is 0 Å². The smallest absolute Gasteiger partial charge is 0.217 e. The number of carbonyl (C=O) groups is 1. The van der Waals surface area contributed by atoms with Crippen molar-refractivity contribution in [1.82, 2.24) is 5.32 Å². The first-order chi connectivity index (χ1) is 4.94. The van der Waals surface area contributed by atoms with Crippen molar-refractivity contribution in [1.29, 1.82) is 0 Å². The minimum absolute atomic E-state index is 0.0515. The molecule has 1 unspecified atom stereocenters. The summed E-state index contributed by atoms with van der Waals surface area (Å²) in [6.07, 6.45) is 0.937. The van der Waals surface area contributed by atoms with Crippen LogP contribution >= 0.6 is 0 Å². The molecule has 0 aromatic carbocycles. The van der Waals surface area contributed by atoms with Gasteiger partial charge in [0.2, 0.25) is 5.91 Å². The van der Waals surface area contributed by atoms with Crippen LogP contribution in [-0.2, 0) is 4.79 Å². The zero-order chi connectivity index (χ0) is 8.65. The van der Waals surface area contributed by atoms with Gasteiger partial charge in [-0.2, -0.15) is 0 Å². The molecule has 1 aliphatic rings. The van der Waals surface area contributed by atoms with Crippen LogP contribution in [-0.4, -0.2) is 11.9 Å². The van der Waals surface area contributed by atoms with E-state index in [4.69, 9.17) is 0 Å². The molecular weight excluding hydrogens is 138 g/mol. The van der Waals surface area contributed by atoms with Gasteiger partial charge in [-0.25, -0.2) is 0 Å². The Balaban J connectivity index is 2.53. The molecule has 1 saturated carbocycles. The number of rotatable bonds is 1. The molecule has 0 aromatic heterocycles. The molecule has 1 fully saturated rings. The topological polar surface area (TPSA) is 29.1 Å². The van der Waals surface area contributed by atoms with Crippen molar-refractivity contribution in [3.63, 3.8) is 0 Å². The van der Waals surface area contributed by atoms with Crippen LogP contribution in [0.1, 0.15) is 27.2 Å². The molecule has 2 nitrogen and oxygen atoms in total. The van der Waals surface area contributed by atoms with Gasteiger partial charge in [0.25, 0.3) is 0 Å². The number of hydrogen-bond acceptors (Lipinski definition) is 1. The maximum Gasteiger partial charge on any atom is 0.217 e. The van der Waals surface area contributed by atoms with E-state index in [0.29, 0.717) is 6.04 Å². The second kappa shape index (κ2) is 2.36. The van der Waals surface area contributed by atoms with Crippen molar-refractivity contribution >= 4 is 5.91 Å². The summed E-state index contributed by atoms with van der Waals surface area (Å²) in [5.74, 6) is 0.0515. The fourth-order valence-corrected chi connectivity index (χ4v) is 1.36.